The molecule has 2 amide bonds. The van der Waals surface area contributed by atoms with Gasteiger partial charge < -0.3 is 19.4 Å². The molecule has 6 nitrogen and oxygen atoms in total. The summed E-state index contributed by atoms with van der Waals surface area (Å²) in [5.74, 6) is 1.03. The maximum absolute atomic E-state index is 12.6. The highest BCUT2D eigenvalue weighted by atomic mass is 16.5. The van der Waals surface area contributed by atoms with Gasteiger partial charge in [0.1, 0.15) is 6.26 Å². The summed E-state index contributed by atoms with van der Waals surface area (Å²) < 4.78 is 11.0. The molecule has 2 heterocycles. The van der Waals surface area contributed by atoms with Gasteiger partial charge in [0, 0.05) is 31.5 Å². The number of rotatable bonds is 3. The maximum Gasteiger partial charge on any atom is 0.321 e. The molecule has 134 valence electrons. The molecular formula is C19H25N3O3. The van der Waals surface area contributed by atoms with Gasteiger partial charge in [-0.05, 0) is 43.9 Å². The number of carbonyl (C=O) groups excluding carboxylic acids is 1. The van der Waals surface area contributed by atoms with Crippen molar-refractivity contribution in [1.29, 1.82) is 0 Å². The molecule has 2 aromatic rings. The summed E-state index contributed by atoms with van der Waals surface area (Å²) in [4.78, 5) is 18.8. The Bertz CT molecular complexity index is 756. The number of piperidine rings is 1. The molecule has 3 rings (SSSR count). The van der Waals surface area contributed by atoms with Crippen molar-refractivity contribution in [3.05, 3.63) is 35.7 Å². The Labute approximate surface area is 148 Å². The first kappa shape index (κ1) is 17.5. The van der Waals surface area contributed by atoms with E-state index in [4.69, 9.17) is 9.15 Å². The number of hydrogen-bond acceptors (Lipinski definition) is 4. The minimum atomic E-state index is -0.104. The van der Waals surface area contributed by atoms with Crippen molar-refractivity contribution in [2.24, 2.45) is 5.92 Å². The average molecular weight is 343 g/mol. The van der Waals surface area contributed by atoms with Gasteiger partial charge in [-0.2, -0.15) is 0 Å². The molecule has 1 aromatic carbocycles. The van der Waals surface area contributed by atoms with Crippen LogP contribution in [-0.2, 0) is 4.74 Å². The van der Waals surface area contributed by atoms with E-state index in [1.807, 2.05) is 36.9 Å². The summed E-state index contributed by atoms with van der Waals surface area (Å²) in [5, 5.41) is 2.98. The monoisotopic (exact) mass is 343 g/mol. The Hall–Kier alpha value is -2.34. The fourth-order valence-corrected chi connectivity index (χ4v) is 3.14. The Morgan fingerprint density at radius 1 is 1.40 bits per heavy atom. The number of nitrogens with one attached hydrogen (secondary N) is 1. The van der Waals surface area contributed by atoms with Crippen LogP contribution in [0.15, 0.2) is 28.9 Å². The summed E-state index contributed by atoms with van der Waals surface area (Å²) in [5.41, 5.74) is 3.49. The van der Waals surface area contributed by atoms with Gasteiger partial charge in [-0.25, -0.2) is 9.78 Å². The lowest BCUT2D eigenvalue weighted by atomic mass is 9.96. The highest BCUT2D eigenvalue weighted by Gasteiger charge is 2.28. The van der Waals surface area contributed by atoms with Gasteiger partial charge in [0.15, 0.2) is 0 Å². The fourth-order valence-electron chi connectivity index (χ4n) is 3.14. The van der Waals surface area contributed by atoms with Gasteiger partial charge >= 0.3 is 6.03 Å². The molecule has 2 unspecified atom stereocenters. The van der Waals surface area contributed by atoms with Crippen LogP contribution >= 0.6 is 0 Å². The second kappa shape index (κ2) is 7.27. The van der Waals surface area contributed by atoms with Crippen molar-refractivity contribution in [2.45, 2.75) is 33.3 Å². The largest absolute Gasteiger partial charge is 0.444 e. The average Bonchev–Trinajstić information content (AvgIpc) is 3.03. The molecular weight excluding hydrogens is 318 g/mol. The summed E-state index contributed by atoms with van der Waals surface area (Å²) >= 11 is 0. The highest BCUT2D eigenvalue weighted by Crippen LogP contribution is 2.27. The number of urea groups is 1. The lowest BCUT2D eigenvalue weighted by molar-refractivity contribution is 0.00896. The molecule has 0 spiro atoms. The number of aryl methyl sites for hydroxylation is 2. The predicted octanol–water partition coefficient (Wildman–Crippen LogP) is 3.85. The van der Waals surface area contributed by atoms with E-state index in [0.717, 1.165) is 35.5 Å². The van der Waals surface area contributed by atoms with Crippen LogP contribution in [0.5, 0.6) is 0 Å². The number of benzene rings is 1. The normalized spacial score (nSPS) is 20.6. The molecule has 0 bridgehead atoms. The molecule has 1 aliphatic rings. The number of aromatic nitrogens is 1. The third-order valence-corrected chi connectivity index (χ3v) is 4.82. The molecule has 1 saturated heterocycles. The van der Waals surface area contributed by atoms with Crippen molar-refractivity contribution < 1.29 is 13.9 Å². The van der Waals surface area contributed by atoms with E-state index in [0.29, 0.717) is 18.4 Å². The van der Waals surface area contributed by atoms with E-state index >= 15 is 0 Å². The molecule has 0 radical (unpaired) electrons. The first-order chi connectivity index (χ1) is 12.0. The quantitative estimate of drug-likeness (QED) is 0.919. The minimum Gasteiger partial charge on any atom is -0.444 e. The lowest BCUT2D eigenvalue weighted by Gasteiger charge is -2.36. The maximum atomic E-state index is 12.6. The summed E-state index contributed by atoms with van der Waals surface area (Å²) in [6.45, 7) is 7.40. The molecule has 2 atom stereocenters. The number of carbonyl (C=O) groups is 1. The number of methoxy groups -OCH3 is 1. The van der Waals surface area contributed by atoms with Gasteiger partial charge in [-0.3, -0.25) is 0 Å². The van der Waals surface area contributed by atoms with Crippen molar-refractivity contribution in [2.75, 3.05) is 25.5 Å². The summed E-state index contributed by atoms with van der Waals surface area (Å²) in [6.07, 6.45) is 2.66. The van der Waals surface area contributed by atoms with Crippen molar-refractivity contribution in [3.8, 4) is 11.5 Å². The molecule has 1 aromatic heterocycles. The zero-order valence-corrected chi connectivity index (χ0v) is 15.2. The van der Waals surface area contributed by atoms with Crippen LogP contribution in [0.3, 0.4) is 0 Å². The van der Waals surface area contributed by atoms with Crippen molar-refractivity contribution in [3.63, 3.8) is 0 Å². The van der Waals surface area contributed by atoms with E-state index in [1.165, 1.54) is 0 Å². The van der Waals surface area contributed by atoms with Gasteiger partial charge in [-0.1, -0.05) is 13.0 Å². The minimum absolute atomic E-state index is 0.0865. The number of anilines is 1. The van der Waals surface area contributed by atoms with E-state index in [-0.39, 0.29) is 12.1 Å². The first-order valence-corrected chi connectivity index (χ1v) is 8.60. The van der Waals surface area contributed by atoms with E-state index < -0.39 is 0 Å². The van der Waals surface area contributed by atoms with E-state index in [2.05, 4.69) is 17.2 Å². The third kappa shape index (κ3) is 3.85. The zero-order chi connectivity index (χ0) is 18.0. The zero-order valence-electron chi connectivity index (χ0n) is 15.2. The van der Waals surface area contributed by atoms with Crippen LogP contribution in [0.4, 0.5) is 10.5 Å². The molecule has 0 saturated carbocycles. The van der Waals surface area contributed by atoms with E-state index in [9.17, 15) is 4.79 Å². The Balaban J connectivity index is 1.73. The van der Waals surface area contributed by atoms with Crippen LogP contribution in [-0.4, -0.2) is 42.2 Å². The third-order valence-electron chi connectivity index (χ3n) is 4.82. The van der Waals surface area contributed by atoms with Crippen molar-refractivity contribution in [1.82, 2.24) is 9.88 Å². The smallest absolute Gasteiger partial charge is 0.321 e. The topological polar surface area (TPSA) is 67.6 Å². The van der Waals surface area contributed by atoms with Crippen LogP contribution in [0.25, 0.3) is 11.5 Å². The number of amides is 2. The predicted molar refractivity (Wildman–Crippen MR) is 96.6 cm³/mol. The molecule has 1 N–H and O–H groups in total. The van der Waals surface area contributed by atoms with Gasteiger partial charge in [-0.15, -0.1) is 0 Å². The number of hydrogen-bond donors (Lipinski definition) is 1. The van der Waals surface area contributed by atoms with E-state index in [1.54, 1.807) is 13.4 Å². The van der Waals surface area contributed by atoms with Gasteiger partial charge in [0.05, 0.1) is 11.8 Å². The Morgan fingerprint density at radius 2 is 2.20 bits per heavy atom. The van der Waals surface area contributed by atoms with Crippen LogP contribution in [0.1, 0.15) is 24.6 Å². The van der Waals surface area contributed by atoms with Gasteiger partial charge in [0.25, 0.3) is 0 Å². The highest BCUT2D eigenvalue weighted by molar-refractivity contribution is 5.90. The van der Waals surface area contributed by atoms with Crippen LogP contribution < -0.4 is 5.32 Å². The van der Waals surface area contributed by atoms with Crippen LogP contribution in [0.2, 0.25) is 0 Å². The molecule has 0 aliphatic carbocycles. The Morgan fingerprint density at radius 3 is 2.88 bits per heavy atom. The summed E-state index contributed by atoms with van der Waals surface area (Å²) in [7, 11) is 1.70. The second-order valence-corrected chi connectivity index (χ2v) is 6.74. The lowest BCUT2D eigenvalue weighted by Crippen LogP contribution is -2.48. The summed E-state index contributed by atoms with van der Waals surface area (Å²) in [6, 6.07) is 5.65. The SMILES string of the molecule is COC1CN(C(=O)Nc2ccc(C)c(-c3nc(C)co3)c2)CCC1C. The Kier molecular flexibility index (Phi) is 5.08. The molecule has 1 fully saturated rings. The first-order valence-electron chi connectivity index (χ1n) is 8.60. The van der Waals surface area contributed by atoms with Crippen LogP contribution in [0, 0.1) is 19.8 Å². The fraction of sp³-hybridized carbons (Fsp3) is 0.474. The molecule has 1 aliphatic heterocycles. The number of oxazole rings is 1. The number of likely N-dealkylation sites (tertiary alicyclic amines) is 1. The number of nitrogens with zero attached hydrogens (tertiary/aromatic N) is 2. The van der Waals surface area contributed by atoms with Gasteiger partial charge in [0.2, 0.25) is 5.89 Å². The molecule has 6 heteroatoms. The standard InChI is InChI=1S/C19H25N3O3/c1-12-5-6-15(9-16(12)18-20-14(3)11-25-18)21-19(23)22-8-7-13(2)17(10-22)24-4/h5-6,9,11,13,17H,7-8,10H2,1-4H3,(H,21,23). The van der Waals surface area contributed by atoms with Crippen molar-refractivity contribution >= 4 is 11.7 Å². The number of ether oxygens (including phenoxy) is 1. The molecule has 25 heavy (non-hydrogen) atoms. The second-order valence-electron chi connectivity index (χ2n) is 6.74.